The van der Waals surface area contributed by atoms with Gasteiger partial charge in [-0.2, -0.15) is 21.6 Å². The summed E-state index contributed by atoms with van der Waals surface area (Å²) in [6.07, 6.45) is -4.39. The standard InChI is InChI=1S/C17H23F3O7S/c18-17(19,20)13(8-28(22,23)24)27-14(21)15-2-10-1-11(3-15)5-16(4-10,9-15)26-7-12-6-25-12/h10-13H,1-9H2,(H,22,23,24). The minimum Gasteiger partial charge on any atom is -0.451 e. The molecule has 0 radical (unpaired) electrons. The summed E-state index contributed by atoms with van der Waals surface area (Å²) in [5, 5.41) is 0. The van der Waals surface area contributed by atoms with Crippen LogP contribution in [0.25, 0.3) is 0 Å². The normalized spacial score (nSPS) is 40.4. The second-order valence-electron chi connectivity index (χ2n) is 8.87. The summed E-state index contributed by atoms with van der Waals surface area (Å²) in [6, 6.07) is 0. The van der Waals surface area contributed by atoms with Crippen molar-refractivity contribution in [2.75, 3.05) is 19.0 Å². The molecule has 1 heterocycles. The van der Waals surface area contributed by atoms with Gasteiger partial charge < -0.3 is 14.2 Å². The summed E-state index contributed by atoms with van der Waals surface area (Å²) in [5.41, 5.74) is -1.66. The topological polar surface area (TPSA) is 102 Å². The molecule has 160 valence electrons. The van der Waals surface area contributed by atoms with E-state index in [1.807, 2.05) is 0 Å². The van der Waals surface area contributed by atoms with Crippen LogP contribution in [0.5, 0.6) is 0 Å². The van der Waals surface area contributed by atoms with Crippen molar-refractivity contribution in [2.45, 2.75) is 62.5 Å². The van der Waals surface area contributed by atoms with E-state index in [1.165, 1.54) is 0 Å². The predicted octanol–water partition coefficient (Wildman–Crippen LogP) is 2.10. The third-order valence-electron chi connectivity index (χ3n) is 6.39. The second-order valence-corrected chi connectivity index (χ2v) is 10.4. The molecule has 5 fully saturated rings. The summed E-state index contributed by atoms with van der Waals surface area (Å²) in [7, 11) is -4.97. The maximum atomic E-state index is 13.2. The van der Waals surface area contributed by atoms with Gasteiger partial charge in [0.25, 0.3) is 10.1 Å². The van der Waals surface area contributed by atoms with Crippen molar-refractivity contribution in [3.05, 3.63) is 0 Å². The van der Waals surface area contributed by atoms with Gasteiger partial charge in [-0.3, -0.25) is 9.35 Å². The molecule has 4 bridgehead atoms. The van der Waals surface area contributed by atoms with Gasteiger partial charge >= 0.3 is 12.1 Å². The molecule has 4 saturated carbocycles. The lowest BCUT2D eigenvalue weighted by Crippen LogP contribution is -2.60. The maximum absolute atomic E-state index is 13.2. The Labute approximate surface area is 160 Å². The van der Waals surface area contributed by atoms with Crippen molar-refractivity contribution in [1.29, 1.82) is 0 Å². The van der Waals surface area contributed by atoms with E-state index in [2.05, 4.69) is 4.74 Å². The summed E-state index contributed by atoms with van der Waals surface area (Å²) in [5.74, 6) is -2.41. The zero-order chi connectivity index (χ0) is 20.4. The lowest BCUT2D eigenvalue weighted by molar-refractivity contribution is -0.238. The van der Waals surface area contributed by atoms with Crippen LogP contribution < -0.4 is 0 Å². The molecule has 0 spiro atoms. The van der Waals surface area contributed by atoms with Crippen LogP contribution in [0.15, 0.2) is 0 Å². The molecular formula is C17H23F3O7S. The molecule has 0 aromatic heterocycles. The van der Waals surface area contributed by atoms with Crippen LogP contribution in [0.1, 0.15) is 38.5 Å². The van der Waals surface area contributed by atoms with E-state index in [-0.39, 0.29) is 24.4 Å². The third-order valence-corrected chi connectivity index (χ3v) is 7.12. The van der Waals surface area contributed by atoms with Crippen LogP contribution in [-0.4, -0.2) is 61.9 Å². The average molecular weight is 428 g/mol. The van der Waals surface area contributed by atoms with Crippen LogP contribution in [0.3, 0.4) is 0 Å². The fourth-order valence-electron chi connectivity index (χ4n) is 5.66. The first-order chi connectivity index (χ1) is 12.9. The molecule has 4 atom stereocenters. The number of rotatable bonds is 7. The number of hydrogen-bond acceptors (Lipinski definition) is 6. The van der Waals surface area contributed by atoms with Gasteiger partial charge in [0, 0.05) is 0 Å². The van der Waals surface area contributed by atoms with Gasteiger partial charge in [0.2, 0.25) is 6.10 Å². The van der Waals surface area contributed by atoms with Crippen LogP contribution in [0.2, 0.25) is 0 Å². The molecule has 7 nitrogen and oxygen atoms in total. The Bertz CT molecular complexity index is 732. The van der Waals surface area contributed by atoms with Gasteiger partial charge in [-0.25, -0.2) is 0 Å². The highest BCUT2D eigenvalue weighted by atomic mass is 32.2. The highest BCUT2D eigenvalue weighted by Gasteiger charge is 2.63. The molecule has 0 amide bonds. The molecule has 28 heavy (non-hydrogen) atoms. The SMILES string of the molecule is O=C(OC(CS(=O)(=O)O)C(F)(F)F)C12CC3CC(CC(OCC4CO4)(C3)C1)C2. The Kier molecular flexibility index (Phi) is 4.76. The minimum atomic E-state index is -5.09. The number of hydrogen-bond donors (Lipinski definition) is 1. The van der Waals surface area contributed by atoms with Crippen molar-refractivity contribution >= 4 is 16.1 Å². The number of carbonyl (C=O) groups excluding carboxylic acids is 1. The van der Waals surface area contributed by atoms with Gasteiger partial charge in [0.05, 0.1) is 24.2 Å². The second kappa shape index (κ2) is 6.55. The predicted molar refractivity (Wildman–Crippen MR) is 87.9 cm³/mol. The van der Waals surface area contributed by atoms with Crippen LogP contribution in [0.4, 0.5) is 13.2 Å². The summed E-state index contributed by atoms with van der Waals surface area (Å²) >= 11 is 0. The fourth-order valence-corrected chi connectivity index (χ4v) is 6.30. The molecule has 0 aromatic carbocycles. The summed E-state index contributed by atoms with van der Waals surface area (Å²) < 4.78 is 86.2. The Morgan fingerprint density at radius 2 is 1.82 bits per heavy atom. The molecule has 1 aliphatic heterocycles. The van der Waals surface area contributed by atoms with Gasteiger partial charge in [-0.1, -0.05) is 0 Å². The number of epoxide rings is 1. The van der Waals surface area contributed by atoms with Crippen molar-refractivity contribution in [1.82, 2.24) is 0 Å². The van der Waals surface area contributed by atoms with Gasteiger partial charge in [0.15, 0.2) is 0 Å². The zero-order valence-corrected chi connectivity index (χ0v) is 15.9. The highest BCUT2D eigenvalue weighted by molar-refractivity contribution is 7.85. The molecule has 1 saturated heterocycles. The molecule has 4 aliphatic carbocycles. The number of alkyl halides is 3. The molecule has 5 rings (SSSR count). The highest BCUT2D eigenvalue weighted by Crippen LogP contribution is 2.63. The number of ether oxygens (including phenoxy) is 3. The monoisotopic (exact) mass is 428 g/mol. The molecule has 4 unspecified atom stereocenters. The quantitative estimate of drug-likeness (QED) is 0.376. The maximum Gasteiger partial charge on any atom is 0.426 e. The van der Waals surface area contributed by atoms with Crippen molar-refractivity contribution in [3.63, 3.8) is 0 Å². The first-order valence-corrected chi connectivity index (χ1v) is 11.0. The largest absolute Gasteiger partial charge is 0.451 e. The average Bonchev–Trinajstić information content (AvgIpc) is 3.33. The third kappa shape index (κ3) is 4.17. The molecule has 11 heteroatoms. The van der Waals surface area contributed by atoms with Crippen molar-refractivity contribution < 1.29 is 45.1 Å². The van der Waals surface area contributed by atoms with E-state index < -0.39 is 45.1 Å². The van der Waals surface area contributed by atoms with Gasteiger partial charge in [-0.15, -0.1) is 0 Å². The first kappa shape index (κ1) is 20.4. The van der Waals surface area contributed by atoms with Crippen LogP contribution in [-0.2, 0) is 29.1 Å². The molecular weight excluding hydrogens is 405 g/mol. The number of carbonyl (C=O) groups is 1. The zero-order valence-electron chi connectivity index (χ0n) is 15.1. The van der Waals surface area contributed by atoms with Gasteiger partial charge in [0.1, 0.15) is 11.9 Å². The molecule has 0 aromatic rings. The van der Waals surface area contributed by atoms with Crippen molar-refractivity contribution in [3.8, 4) is 0 Å². The van der Waals surface area contributed by atoms with Gasteiger partial charge in [-0.05, 0) is 50.4 Å². The lowest BCUT2D eigenvalue weighted by atomic mass is 9.48. The Hall–Kier alpha value is -0.910. The number of esters is 1. The summed E-state index contributed by atoms with van der Waals surface area (Å²) in [4.78, 5) is 12.9. The Balaban J connectivity index is 1.52. The molecule has 5 aliphatic rings. The van der Waals surface area contributed by atoms with Crippen LogP contribution in [0, 0.1) is 17.3 Å². The van der Waals surface area contributed by atoms with E-state index in [0.29, 0.717) is 26.1 Å². The molecule has 1 N–H and O–H groups in total. The Morgan fingerprint density at radius 1 is 1.21 bits per heavy atom. The smallest absolute Gasteiger partial charge is 0.426 e. The summed E-state index contributed by atoms with van der Waals surface area (Å²) in [6.45, 7) is 1.03. The van der Waals surface area contributed by atoms with E-state index in [4.69, 9.17) is 14.0 Å². The van der Waals surface area contributed by atoms with Crippen LogP contribution >= 0.6 is 0 Å². The minimum absolute atomic E-state index is 0.0419. The Morgan fingerprint density at radius 3 is 2.32 bits per heavy atom. The van der Waals surface area contributed by atoms with E-state index in [1.54, 1.807) is 0 Å². The van der Waals surface area contributed by atoms with E-state index in [9.17, 15) is 26.4 Å². The van der Waals surface area contributed by atoms with Crippen molar-refractivity contribution in [2.24, 2.45) is 17.3 Å². The first-order valence-electron chi connectivity index (χ1n) is 9.37. The van der Waals surface area contributed by atoms with E-state index in [0.717, 1.165) is 19.3 Å². The van der Waals surface area contributed by atoms with E-state index >= 15 is 0 Å². The number of halogens is 3. The lowest BCUT2D eigenvalue weighted by Gasteiger charge is -2.60. The fraction of sp³-hybridized carbons (Fsp3) is 0.941.